The Balaban J connectivity index is 1.66. The lowest BCUT2D eigenvalue weighted by Crippen LogP contribution is -2.44. The monoisotopic (exact) mass is 436 g/mol. The highest BCUT2D eigenvalue weighted by atomic mass is 32.2. The number of rotatable bonds is 8. The highest BCUT2D eigenvalue weighted by Crippen LogP contribution is 2.17. The Labute approximate surface area is 185 Å². The molecule has 0 aliphatic carbocycles. The van der Waals surface area contributed by atoms with Crippen molar-refractivity contribution in [3.05, 3.63) is 96.1 Å². The van der Waals surface area contributed by atoms with E-state index in [0.29, 0.717) is 12.2 Å². The van der Waals surface area contributed by atoms with Crippen molar-refractivity contribution in [2.75, 3.05) is 12.5 Å². The number of benzene rings is 3. The van der Waals surface area contributed by atoms with Gasteiger partial charge in [0.2, 0.25) is 0 Å². The molecule has 0 heterocycles. The summed E-state index contributed by atoms with van der Waals surface area (Å²) in [5.74, 6) is -0.100. The van der Waals surface area contributed by atoms with Crippen molar-refractivity contribution in [3.8, 4) is 5.75 Å². The van der Waals surface area contributed by atoms with Crippen LogP contribution in [0.15, 0.2) is 89.8 Å². The van der Waals surface area contributed by atoms with E-state index in [-0.39, 0.29) is 17.5 Å². The molecule has 31 heavy (non-hydrogen) atoms. The van der Waals surface area contributed by atoms with Crippen molar-refractivity contribution in [2.24, 2.45) is 0 Å². The third-order valence-corrected chi connectivity index (χ3v) is 5.80. The van der Waals surface area contributed by atoms with Crippen molar-refractivity contribution in [1.29, 1.82) is 0 Å². The van der Waals surface area contributed by atoms with Gasteiger partial charge in [0.25, 0.3) is 0 Å². The van der Waals surface area contributed by atoms with Gasteiger partial charge < -0.3 is 14.8 Å². The smallest absolute Gasteiger partial charge is 0.408 e. The van der Waals surface area contributed by atoms with Crippen molar-refractivity contribution in [1.82, 2.24) is 5.32 Å². The molecule has 1 unspecified atom stereocenters. The molecule has 3 rings (SSSR count). The fourth-order valence-corrected chi connectivity index (χ4v) is 3.60. The Kier molecular flexibility index (Phi) is 8.12. The van der Waals surface area contributed by atoms with Gasteiger partial charge in [-0.15, -0.1) is 0 Å². The molecule has 0 saturated carbocycles. The Morgan fingerprint density at radius 1 is 0.839 bits per heavy atom. The summed E-state index contributed by atoms with van der Waals surface area (Å²) >= 11 is 0. The average molecular weight is 437 g/mol. The normalized spacial score (nSPS) is 11.6. The van der Waals surface area contributed by atoms with Crippen LogP contribution < -0.4 is 10.1 Å². The zero-order chi connectivity index (χ0) is 22.1. The van der Waals surface area contributed by atoms with Crippen LogP contribution in [0.3, 0.4) is 0 Å². The van der Waals surface area contributed by atoms with Gasteiger partial charge in [0.15, 0.2) is 4.90 Å². The Morgan fingerprint density at radius 3 is 2.00 bits per heavy atom. The summed E-state index contributed by atoms with van der Waals surface area (Å²) < 4.78 is 10.8. The van der Waals surface area contributed by atoms with E-state index in [0.717, 1.165) is 11.1 Å². The third-order valence-electron chi connectivity index (χ3n) is 4.59. The molecule has 0 bridgehead atoms. The van der Waals surface area contributed by atoms with Crippen LogP contribution in [0.1, 0.15) is 11.1 Å². The molecule has 0 aliphatic heterocycles. The van der Waals surface area contributed by atoms with Gasteiger partial charge >= 0.3 is 12.1 Å². The predicted octanol–water partition coefficient (Wildman–Crippen LogP) is 4.37. The molecule has 1 amide bonds. The van der Waals surface area contributed by atoms with Gasteiger partial charge in [0.1, 0.15) is 30.9 Å². The number of hydrogen-bond acceptors (Lipinski definition) is 4. The lowest BCUT2D eigenvalue weighted by Gasteiger charge is -2.18. The van der Waals surface area contributed by atoms with Crippen LogP contribution in [0.4, 0.5) is 4.79 Å². The molecule has 160 valence electrons. The number of alkyl carbamates (subject to hydrolysis) is 1. The average Bonchev–Trinajstić information content (AvgIpc) is 2.79. The van der Waals surface area contributed by atoms with Crippen molar-refractivity contribution in [2.45, 2.75) is 24.0 Å². The van der Waals surface area contributed by atoms with E-state index < -0.39 is 18.1 Å². The first-order valence-corrected chi connectivity index (χ1v) is 12.0. The molecule has 0 fully saturated rings. The van der Waals surface area contributed by atoms with Crippen LogP contribution in [-0.2, 0) is 33.5 Å². The Hall–Kier alpha value is -3.25. The van der Waals surface area contributed by atoms with Gasteiger partial charge in [0, 0.05) is 17.3 Å². The molecule has 1 atom stereocenters. The first-order chi connectivity index (χ1) is 15.0. The quantitative estimate of drug-likeness (QED) is 0.324. The van der Waals surface area contributed by atoms with Gasteiger partial charge in [-0.25, -0.2) is 9.59 Å². The van der Waals surface area contributed by atoms with Gasteiger partial charge in [0.05, 0.1) is 0 Å². The molecule has 3 aromatic rings. The molecule has 0 radical (unpaired) electrons. The number of hydrogen-bond donors (Lipinski definition) is 1. The SMILES string of the molecule is C[S+](C)c1ccc(OC(=O)C(Cc2ccccc2)NC(=O)OCc2ccccc2)cc1. The number of esters is 1. The van der Waals surface area contributed by atoms with Crippen LogP contribution >= 0.6 is 0 Å². The van der Waals surface area contributed by atoms with Gasteiger partial charge in [-0.1, -0.05) is 60.7 Å². The Bertz CT molecular complexity index is 975. The van der Waals surface area contributed by atoms with E-state index in [1.54, 1.807) is 12.1 Å². The van der Waals surface area contributed by atoms with Crippen LogP contribution in [0, 0.1) is 0 Å². The van der Waals surface area contributed by atoms with E-state index in [9.17, 15) is 9.59 Å². The topological polar surface area (TPSA) is 64.6 Å². The number of ether oxygens (including phenoxy) is 2. The van der Waals surface area contributed by atoms with E-state index in [1.165, 1.54) is 4.90 Å². The standard InChI is InChI=1S/C25H25NO4S/c1-31(2)22-15-13-21(14-16-22)30-24(27)23(17-19-9-5-3-6-10-19)26-25(28)29-18-20-11-7-4-8-12-20/h3-16,23H,17-18H2,1-2H3/p+1. The first-order valence-electron chi connectivity index (χ1n) is 9.92. The zero-order valence-electron chi connectivity index (χ0n) is 17.6. The van der Waals surface area contributed by atoms with Crippen molar-refractivity contribution >= 4 is 23.0 Å². The Morgan fingerprint density at radius 2 is 1.42 bits per heavy atom. The van der Waals surface area contributed by atoms with Gasteiger partial charge in [-0.05, 0) is 35.4 Å². The van der Waals surface area contributed by atoms with E-state index in [2.05, 4.69) is 17.8 Å². The lowest BCUT2D eigenvalue weighted by molar-refractivity contribution is -0.136. The summed E-state index contributed by atoms with van der Waals surface area (Å²) in [4.78, 5) is 26.4. The summed E-state index contributed by atoms with van der Waals surface area (Å²) in [5.41, 5.74) is 1.77. The summed E-state index contributed by atoms with van der Waals surface area (Å²) in [6.07, 6.45) is 3.88. The number of nitrogens with one attached hydrogen (secondary N) is 1. The van der Waals surface area contributed by atoms with Crippen LogP contribution in [0.25, 0.3) is 0 Å². The molecule has 6 heteroatoms. The highest BCUT2D eigenvalue weighted by molar-refractivity contribution is 7.95. The van der Waals surface area contributed by atoms with Crippen LogP contribution in [-0.4, -0.2) is 30.6 Å². The minimum absolute atomic E-state index is 0.122. The molecular weight excluding hydrogens is 410 g/mol. The number of carbonyl (C=O) groups excluding carboxylic acids is 2. The molecule has 0 aliphatic rings. The number of amides is 1. The fourth-order valence-electron chi connectivity index (χ4n) is 2.92. The molecule has 0 aromatic heterocycles. The summed E-state index contributed by atoms with van der Waals surface area (Å²) in [5, 5.41) is 2.65. The third kappa shape index (κ3) is 7.19. The lowest BCUT2D eigenvalue weighted by atomic mass is 10.1. The fraction of sp³-hybridized carbons (Fsp3) is 0.200. The maximum absolute atomic E-state index is 12.9. The molecule has 0 saturated heterocycles. The van der Waals surface area contributed by atoms with Crippen molar-refractivity contribution in [3.63, 3.8) is 0 Å². The largest absolute Gasteiger partial charge is 0.445 e. The second kappa shape index (κ2) is 11.2. The van der Waals surface area contributed by atoms with Crippen LogP contribution in [0.2, 0.25) is 0 Å². The zero-order valence-corrected chi connectivity index (χ0v) is 18.4. The molecule has 5 nitrogen and oxygen atoms in total. The molecule has 1 N–H and O–H groups in total. The minimum atomic E-state index is -0.877. The van der Waals surface area contributed by atoms with Crippen LogP contribution in [0.5, 0.6) is 5.75 Å². The molecule has 3 aromatic carbocycles. The van der Waals surface area contributed by atoms with E-state index >= 15 is 0 Å². The number of carbonyl (C=O) groups is 2. The highest BCUT2D eigenvalue weighted by Gasteiger charge is 2.24. The van der Waals surface area contributed by atoms with E-state index in [1.807, 2.05) is 72.8 Å². The minimum Gasteiger partial charge on any atom is -0.445 e. The summed E-state index contributed by atoms with van der Waals surface area (Å²) in [7, 11) is 0.125. The van der Waals surface area contributed by atoms with Gasteiger partial charge in [-0.3, -0.25) is 0 Å². The maximum atomic E-state index is 12.9. The van der Waals surface area contributed by atoms with Gasteiger partial charge in [-0.2, -0.15) is 0 Å². The molecule has 0 spiro atoms. The maximum Gasteiger partial charge on any atom is 0.408 e. The second-order valence-electron chi connectivity index (χ2n) is 7.16. The second-order valence-corrected chi connectivity index (χ2v) is 9.26. The summed E-state index contributed by atoms with van der Waals surface area (Å²) in [6.45, 7) is 0.122. The predicted molar refractivity (Wildman–Crippen MR) is 123 cm³/mol. The van der Waals surface area contributed by atoms with Crippen molar-refractivity contribution < 1.29 is 19.1 Å². The first kappa shape index (κ1) is 22.4. The van der Waals surface area contributed by atoms with E-state index in [4.69, 9.17) is 9.47 Å². The molecular formula is C25H26NO4S+. The summed E-state index contributed by atoms with van der Waals surface area (Å²) in [6, 6.07) is 25.4.